The zero-order valence-corrected chi connectivity index (χ0v) is 9.16. The number of benzene rings is 1. The minimum atomic E-state index is -0.915. The zero-order chi connectivity index (χ0) is 11.7. The highest BCUT2D eigenvalue weighted by atomic mass is 35.5. The third kappa shape index (κ3) is 1.89. The first-order valence-corrected chi connectivity index (χ1v) is 5.20. The van der Waals surface area contributed by atoms with E-state index in [1.165, 1.54) is 0 Å². The summed E-state index contributed by atoms with van der Waals surface area (Å²) in [6, 6.07) is 4.96. The van der Waals surface area contributed by atoms with E-state index in [0.29, 0.717) is 5.02 Å². The number of hydrogen-bond acceptors (Lipinski definition) is 2. The highest BCUT2D eigenvalue weighted by Gasteiger charge is 2.15. The Morgan fingerprint density at radius 3 is 3.00 bits per heavy atom. The number of carboxylic acids is 1. The minimum Gasteiger partial charge on any atom is -0.481 e. The normalized spacial score (nSPS) is 12.9. The van der Waals surface area contributed by atoms with Crippen LogP contribution in [-0.2, 0) is 4.79 Å². The summed E-state index contributed by atoms with van der Waals surface area (Å²) in [5, 5.41) is 10.2. The minimum absolute atomic E-state index is 0.101. The Morgan fingerprint density at radius 1 is 1.56 bits per heavy atom. The van der Waals surface area contributed by atoms with Gasteiger partial charge in [0.25, 0.3) is 0 Å². The number of para-hydroxylation sites is 1. The van der Waals surface area contributed by atoms with Crippen LogP contribution in [0, 0.1) is 0 Å². The molecule has 1 aromatic carbocycles. The molecule has 0 aliphatic heterocycles. The lowest BCUT2D eigenvalue weighted by Gasteiger charge is -2.10. The van der Waals surface area contributed by atoms with Crippen molar-refractivity contribution in [3.8, 4) is 0 Å². The first-order valence-electron chi connectivity index (χ1n) is 4.82. The Hall–Kier alpha value is -1.52. The molecule has 2 aromatic rings. The summed E-state index contributed by atoms with van der Waals surface area (Å²) >= 11 is 5.97. The quantitative estimate of drug-likeness (QED) is 0.768. The van der Waals surface area contributed by atoms with Crippen molar-refractivity contribution in [3.63, 3.8) is 0 Å². The van der Waals surface area contributed by atoms with Crippen LogP contribution in [-0.4, -0.2) is 16.1 Å². The number of aromatic nitrogens is 1. The predicted octanol–water partition coefficient (Wildman–Crippen LogP) is 2.30. The molecule has 0 fully saturated rings. The average Bonchev–Trinajstić information content (AvgIpc) is 2.59. The van der Waals surface area contributed by atoms with E-state index in [4.69, 9.17) is 22.4 Å². The number of fused-ring (bicyclic) bond motifs is 1. The van der Waals surface area contributed by atoms with Crippen molar-refractivity contribution in [2.45, 2.75) is 12.5 Å². The third-order valence-corrected chi connectivity index (χ3v) is 2.80. The van der Waals surface area contributed by atoms with Crippen LogP contribution >= 0.6 is 11.6 Å². The Balaban J connectivity index is 2.48. The molecule has 1 atom stereocenters. The van der Waals surface area contributed by atoms with E-state index in [1.54, 1.807) is 6.20 Å². The number of rotatable bonds is 3. The molecule has 0 aliphatic carbocycles. The predicted molar refractivity (Wildman–Crippen MR) is 62.5 cm³/mol. The largest absolute Gasteiger partial charge is 0.481 e. The Bertz CT molecular complexity index is 536. The Kier molecular flexibility index (Phi) is 2.85. The number of nitrogens with one attached hydrogen (secondary N) is 1. The van der Waals surface area contributed by atoms with Crippen LogP contribution in [0.3, 0.4) is 0 Å². The number of aromatic amines is 1. The second-order valence-corrected chi connectivity index (χ2v) is 4.02. The molecule has 2 rings (SSSR count). The van der Waals surface area contributed by atoms with Gasteiger partial charge in [0.1, 0.15) is 0 Å². The fourth-order valence-electron chi connectivity index (χ4n) is 1.75. The monoisotopic (exact) mass is 238 g/mol. The third-order valence-electron chi connectivity index (χ3n) is 2.49. The van der Waals surface area contributed by atoms with Gasteiger partial charge in [-0.15, -0.1) is 0 Å². The Labute approximate surface area is 97.0 Å². The van der Waals surface area contributed by atoms with Crippen molar-refractivity contribution in [2.24, 2.45) is 5.73 Å². The molecule has 1 unspecified atom stereocenters. The molecule has 16 heavy (non-hydrogen) atoms. The van der Waals surface area contributed by atoms with Gasteiger partial charge in [-0.1, -0.05) is 29.8 Å². The molecule has 1 heterocycles. The molecular weight excluding hydrogens is 228 g/mol. The van der Waals surface area contributed by atoms with Gasteiger partial charge < -0.3 is 15.8 Å². The van der Waals surface area contributed by atoms with E-state index in [0.717, 1.165) is 16.5 Å². The summed E-state index contributed by atoms with van der Waals surface area (Å²) in [5.74, 6) is -0.915. The molecule has 0 radical (unpaired) electrons. The standard InChI is InChI=1S/C11H11ClN2O2/c12-8-5-14-11-6(8)2-1-3-7(11)9(13)4-10(15)16/h1-3,5,9,14H,4,13H2,(H,15,16). The lowest BCUT2D eigenvalue weighted by molar-refractivity contribution is -0.137. The fraction of sp³-hybridized carbons (Fsp3) is 0.182. The maximum absolute atomic E-state index is 10.6. The van der Waals surface area contributed by atoms with Gasteiger partial charge in [0.05, 0.1) is 17.0 Å². The van der Waals surface area contributed by atoms with Crippen LogP contribution < -0.4 is 5.73 Å². The summed E-state index contributed by atoms with van der Waals surface area (Å²) < 4.78 is 0. The molecule has 0 bridgehead atoms. The van der Waals surface area contributed by atoms with Gasteiger partial charge in [0, 0.05) is 17.6 Å². The van der Waals surface area contributed by atoms with Gasteiger partial charge in [0.2, 0.25) is 0 Å². The fourth-order valence-corrected chi connectivity index (χ4v) is 1.96. The molecular formula is C11H11ClN2O2. The first kappa shape index (κ1) is 11.0. The van der Waals surface area contributed by atoms with Gasteiger partial charge in [-0.3, -0.25) is 4.79 Å². The molecule has 5 heteroatoms. The van der Waals surface area contributed by atoms with E-state index in [1.807, 2.05) is 18.2 Å². The number of H-pyrrole nitrogens is 1. The number of carboxylic acid groups (broad SMARTS) is 1. The lowest BCUT2D eigenvalue weighted by Crippen LogP contribution is -2.15. The molecule has 84 valence electrons. The summed E-state index contributed by atoms with van der Waals surface area (Å²) in [7, 11) is 0. The Morgan fingerprint density at radius 2 is 2.31 bits per heavy atom. The van der Waals surface area contributed by atoms with Crippen molar-refractivity contribution in [1.82, 2.24) is 4.98 Å². The van der Waals surface area contributed by atoms with Crippen molar-refractivity contribution in [3.05, 3.63) is 35.0 Å². The van der Waals surface area contributed by atoms with E-state index < -0.39 is 12.0 Å². The van der Waals surface area contributed by atoms with Crippen LogP contribution in [0.4, 0.5) is 0 Å². The highest BCUT2D eigenvalue weighted by molar-refractivity contribution is 6.35. The molecule has 0 aliphatic rings. The second-order valence-electron chi connectivity index (χ2n) is 3.61. The molecule has 0 amide bonds. The van der Waals surface area contributed by atoms with Gasteiger partial charge in [-0.05, 0) is 5.56 Å². The maximum atomic E-state index is 10.6. The number of aliphatic carboxylic acids is 1. The van der Waals surface area contributed by atoms with E-state index >= 15 is 0 Å². The van der Waals surface area contributed by atoms with Gasteiger partial charge in [-0.25, -0.2) is 0 Å². The molecule has 4 nitrogen and oxygen atoms in total. The summed E-state index contributed by atoms with van der Waals surface area (Å²) in [6.07, 6.45) is 1.57. The van der Waals surface area contributed by atoms with Crippen LogP contribution in [0.25, 0.3) is 10.9 Å². The van der Waals surface area contributed by atoms with Gasteiger partial charge in [0.15, 0.2) is 0 Å². The molecule has 0 spiro atoms. The van der Waals surface area contributed by atoms with Crippen molar-refractivity contribution < 1.29 is 9.90 Å². The van der Waals surface area contributed by atoms with E-state index in [9.17, 15) is 4.79 Å². The topological polar surface area (TPSA) is 79.1 Å². The molecule has 4 N–H and O–H groups in total. The zero-order valence-electron chi connectivity index (χ0n) is 8.40. The van der Waals surface area contributed by atoms with E-state index in [-0.39, 0.29) is 6.42 Å². The SMILES string of the molecule is NC(CC(=O)O)c1cccc2c(Cl)c[nH]c12. The number of hydrogen-bond donors (Lipinski definition) is 3. The van der Waals surface area contributed by atoms with E-state index in [2.05, 4.69) is 4.98 Å². The number of halogens is 1. The van der Waals surface area contributed by atoms with Crippen LogP contribution in [0.15, 0.2) is 24.4 Å². The second kappa shape index (κ2) is 4.15. The first-order chi connectivity index (χ1) is 7.59. The van der Waals surface area contributed by atoms with Crippen LogP contribution in [0.1, 0.15) is 18.0 Å². The van der Waals surface area contributed by atoms with Crippen LogP contribution in [0.2, 0.25) is 5.02 Å². The molecule has 0 saturated carbocycles. The number of nitrogens with two attached hydrogens (primary N) is 1. The smallest absolute Gasteiger partial charge is 0.305 e. The molecule has 0 saturated heterocycles. The molecule has 1 aromatic heterocycles. The average molecular weight is 239 g/mol. The lowest BCUT2D eigenvalue weighted by atomic mass is 10.0. The van der Waals surface area contributed by atoms with Crippen LogP contribution in [0.5, 0.6) is 0 Å². The van der Waals surface area contributed by atoms with Gasteiger partial charge in [-0.2, -0.15) is 0 Å². The van der Waals surface area contributed by atoms with Gasteiger partial charge >= 0.3 is 5.97 Å². The summed E-state index contributed by atoms with van der Waals surface area (Å²) in [4.78, 5) is 13.6. The maximum Gasteiger partial charge on any atom is 0.305 e. The summed E-state index contributed by atoms with van der Waals surface area (Å²) in [5.41, 5.74) is 7.40. The highest BCUT2D eigenvalue weighted by Crippen LogP contribution is 2.28. The van der Waals surface area contributed by atoms with Crippen molar-refractivity contribution in [2.75, 3.05) is 0 Å². The summed E-state index contributed by atoms with van der Waals surface area (Å²) in [6.45, 7) is 0. The number of carbonyl (C=O) groups is 1. The van der Waals surface area contributed by atoms with Crippen molar-refractivity contribution in [1.29, 1.82) is 0 Å². The van der Waals surface area contributed by atoms with Crippen molar-refractivity contribution >= 4 is 28.5 Å².